The molecular formula is C19H22BrCl2N3O3S2. The SMILES string of the molecule is Br.Cc1cc(N=C2SCC(O)(c3ccc(Cl)c(S(=O)(=O)N(C)C)c3)N2C)ccc1Cl. The van der Waals surface area contributed by atoms with E-state index in [2.05, 4.69) is 4.99 Å². The highest BCUT2D eigenvalue weighted by molar-refractivity contribution is 8.93. The van der Waals surface area contributed by atoms with Crippen molar-refractivity contribution in [3.63, 3.8) is 0 Å². The van der Waals surface area contributed by atoms with Gasteiger partial charge in [0.15, 0.2) is 10.9 Å². The maximum atomic E-state index is 12.6. The van der Waals surface area contributed by atoms with E-state index in [0.29, 0.717) is 15.8 Å². The Labute approximate surface area is 201 Å². The topological polar surface area (TPSA) is 73.2 Å². The normalized spacial score (nSPS) is 20.7. The number of aryl methyl sites for hydroxylation is 1. The van der Waals surface area contributed by atoms with Crippen LogP contribution < -0.4 is 0 Å². The molecule has 0 aromatic heterocycles. The summed E-state index contributed by atoms with van der Waals surface area (Å²) in [5, 5.41) is 12.7. The molecular weight excluding hydrogens is 533 g/mol. The molecule has 2 aromatic carbocycles. The van der Waals surface area contributed by atoms with Crippen molar-refractivity contribution >= 4 is 72.8 Å². The van der Waals surface area contributed by atoms with Crippen LogP contribution in [-0.2, 0) is 15.7 Å². The molecule has 1 atom stereocenters. The van der Waals surface area contributed by atoms with Gasteiger partial charge in [-0.3, -0.25) is 0 Å². The molecule has 0 radical (unpaired) electrons. The Morgan fingerprint density at radius 2 is 1.80 bits per heavy atom. The van der Waals surface area contributed by atoms with Gasteiger partial charge in [-0.05, 0) is 42.8 Å². The zero-order valence-corrected chi connectivity index (χ0v) is 21.6. The lowest BCUT2D eigenvalue weighted by Crippen LogP contribution is -2.42. The van der Waals surface area contributed by atoms with E-state index in [0.717, 1.165) is 15.6 Å². The summed E-state index contributed by atoms with van der Waals surface area (Å²) in [4.78, 5) is 6.20. The predicted molar refractivity (Wildman–Crippen MR) is 130 cm³/mol. The number of benzene rings is 2. The molecule has 3 rings (SSSR count). The molecule has 11 heteroatoms. The van der Waals surface area contributed by atoms with E-state index in [1.54, 1.807) is 30.1 Å². The molecule has 1 saturated heterocycles. The van der Waals surface area contributed by atoms with Gasteiger partial charge in [0.25, 0.3) is 0 Å². The average Bonchev–Trinajstić information content (AvgIpc) is 2.94. The van der Waals surface area contributed by atoms with Gasteiger partial charge in [-0.1, -0.05) is 41.0 Å². The van der Waals surface area contributed by atoms with Gasteiger partial charge in [0.1, 0.15) is 4.90 Å². The average molecular weight is 555 g/mol. The van der Waals surface area contributed by atoms with Gasteiger partial charge >= 0.3 is 0 Å². The lowest BCUT2D eigenvalue weighted by atomic mass is 10.0. The number of thioether (sulfide) groups is 1. The van der Waals surface area contributed by atoms with Crippen molar-refractivity contribution in [1.29, 1.82) is 0 Å². The van der Waals surface area contributed by atoms with Crippen molar-refractivity contribution in [2.24, 2.45) is 4.99 Å². The van der Waals surface area contributed by atoms with Crippen LogP contribution in [0.25, 0.3) is 0 Å². The number of amidine groups is 1. The van der Waals surface area contributed by atoms with Gasteiger partial charge in [-0.15, -0.1) is 17.0 Å². The first-order valence-electron chi connectivity index (χ1n) is 8.63. The Balaban J connectivity index is 0.00000320. The summed E-state index contributed by atoms with van der Waals surface area (Å²) < 4.78 is 26.2. The molecule has 30 heavy (non-hydrogen) atoms. The second-order valence-electron chi connectivity index (χ2n) is 6.92. The van der Waals surface area contributed by atoms with Gasteiger partial charge in [0, 0.05) is 31.7 Å². The molecule has 2 aromatic rings. The number of nitrogens with zero attached hydrogens (tertiary/aromatic N) is 3. The third-order valence-corrected chi connectivity index (χ3v) is 8.65. The fraction of sp³-hybridized carbons (Fsp3) is 0.316. The van der Waals surface area contributed by atoms with Crippen molar-refractivity contribution in [2.75, 3.05) is 26.9 Å². The summed E-state index contributed by atoms with van der Waals surface area (Å²) in [6.45, 7) is 1.90. The van der Waals surface area contributed by atoms with Crippen molar-refractivity contribution in [3.05, 3.63) is 57.6 Å². The molecule has 1 aliphatic rings. The molecule has 0 saturated carbocycles. The van der Waals surface area contributed by atoms with Gasteiger partial charge in [-0.25, -0.2) is 17.7 Å². The summed E-state index contributed by atoms with van der Waals surface area (Å²) in [6, 6.07) is 9.98. The van der Waals surface area contributed by atoms with E-state index in [1.807, 2.05) is 13.0 Å². The third-order valence-electron chi connectivity index (χ3n) is 4.76. The summed E-state index contributed by atoms with van der Waals surface area (Å²) in [6.07, 6.45) is 0. The van der Waals surface area contributed by atoms with E-state index in [1.165, 1.54) is 38.0 Å². The van der Waals surface area contributed by atoms with E-state index < -0.39 is 15.7 Å². The van der Waals surface area contributed by atoms with E-state index in [-0.39, 0.29) is 32.7 Å². The van der Waals surface area contributed by atoms with Crippen LogP contribution >= 0.6 is 51.9 Å². The summed E-state index contributed by atoms with van der Waals surface area (Å²) in [5.41, 5.74) is 0.629. The Hall–Kier alpha value is -0.810. The Morgan fingerprint density at radius 1 is 1.17 bits per heavy atom. The molecule has 0 spiro atoms. The van der Waals surface area contributed by atoms with Crippen LogP contribution in [0.15, 0.2) is 46.3 Å². The summed E-state index contributed by atoms with van der Waals surface area (Å²) >= 11 is 13.6. The van der Waals surface area contributed by atoms with Crippen LogP contribution in [0.1, 0.15) is 11.1 Å². The largest absolute Gasteiger partial charge is 0.366 e. The Bertz CT molecular complexity index is 1100. The fourth-order valence-electron chi connectivity index (χ4n) is 2.86. The summed E-state index contributed by atoms with van der Waals surface area (Å²) in [7, 11) is 0.834. The first-order valence-corrected chi connectivity index (χ1v) is 11.8. The Morgan fingerprint density at radius 3 is 2.40 bits per heavy atom. The highest BCUT2D eigenvalue weighted by Crippen LogP contribution is 2.40. The van der Waals surface area contributed by atoms with E-state index in [9.17, 15) is 13.5 Å². The highest BCUT2D eigenvalue weighted by Gasteiger charge is 2.43. The van der Waals surface area contributed by atoms with E-state index >= 15 is 0 Å². The van der Waals surface area contributed by atoms with Crippen molar-refractivity contribution in [1.82, 2.24) is 9.21 Å². The molecule has 1 aliphatic heterocycles. The first kappa shape index (κ1) is 25.5. The van der Waals surface area contributed by atoms with Gasteiger partial charge in [0.2, 0.25) is 10.0 Å². The molecule has 164 valence electrons. The van der Waals surface area contributed by atoms with Crippen molar-refractivity contribution < 1.29 is 13.5 Å². The second kappa shape index (κ2) is 9.36. The van der Waals surface area contributed by atoms with Crippen LogP contribution in [0.4, 0.5) is 5.69 Å². The van der Waals surface area contributed by atoms with Crippen molar-refractivity contribution in [3.8, 4) is 0 Å². The van der Waals surface area contributed by atoms with Crippen molar-refractivity contribution in [2.45, 2.75) is 17.5 Å². The Kier molecular flexibility index (Phi) is 7.94. The van der Waals surface area contributed by atoms with Crippen LogP contribution in [0.5, 0.6) is 0 Å². The van der Waals surface area contributed by atoms with Crippen LogP contribution in [0, 0.1) is 6.92 Å². The molecule has 6 nitrogen and oxygen atoms in total. The lowest BCUT2D eigenvalue weighted by Gasteiger charge is -2.31. The van der Waals surface area contributed by atoms with Gasteiger partial charge < -0.3 is 10.0 Å². The first-order chi connectivity index (χ1) is 13.5. The number of rotatable bonds is 4. The lowest BCUT2D eigenvalue weighted by molar-refractivity contribution is -0.0349. The monoisotopic (exact) mass is 553 g/mol. The quantitative estimate of drug-likeness (QED) is 0.596. The van der Waals surface area contributed by atoms with Crippen LogP contribution in [0.3, 0.4) is 0 Å². The smallest absolute Gasteiger partial charge is 0.244 e. The van der Waals surface area contributed by atoms with Gasteiger partial charge in [-0.2, -0.15) is 0 Å². The molecule has 0 amide bonds. The molecule has 1 heterocycles. The number of aliphatic imine (C=N–C) groups is 1. The maximum absolute atomic E-state index is 12.6. The van der Waals surface area contributed by atoms with E-state index in [4.69, 9.17) is 23.2 Å². The predicted octanol–water partition coefficient (Wildman–Crippen LogP) is 4.64. The number of hydrogen-bond donors (Lipinski definition) is 1. The highest BCUT2D eigenvalue weighted by atomic mass is 79.9. The molecule has 0 aliphatic carbocycles. The minimum absolute atomic E-state index is 0. The van der Waals surface area contributed by atoms with Crippen LogP contribution in [-0.4, -0.2) is 54.8 Å². The summed E-state index contributed by atoms with van der Waals surface area (Å²) in [5.74, 6) is 0.290. The number of aliphatic hydroxyl groups is 1. The second-order valence-corrected chi connectivity index (χ2v) is 10.8. The molecule has 0 bridgehead atoms. The molecule has 1 unspecified atom stereocenters. The van der Waals surface area contributed by atoms with Gasteiger partial charge in [0.05, 0.1) is 16.5 Å². The fourth-order valence-corrected chi connectivity index (χ4v) is 5.57. The van der Waals surface area contributed by atoms with Crippen LogP contribution in [0.2, 0.25) is 10.0 Å². The number of hydrogen-bond acceptors (Lipinski definition) is 5. The maximum Gasteiger partial charge on any atom is 0.244 e. The standard InChI is InChI=1S/C19H21Cl2N3O3S2.BrH/c1-12-9-14(6-8-15(12)20)22-18-24(4)19(25,11-28-18)13-5-7-16(21)17(10-13)29(26,27)23(2)3;/h5-10,25H,11H2,1-4H3;1H. The minimum Gasteiger partial charge on any atom is -0.366 e. The zero-order chi connectivity index (χ0) is 21.6. The third kappa shape index (κ3) is 4.67. The number of sulfonamides is 1. The molecule has 1 N–H and O–H groups in total. The zero-order valence-electron chi connectivity index (χ0n) is 16.8. The minimum atomic E-state index is -3.75. The molecule has 1 fully saturated rings. The number of halogens is 3.